The topological polar surface area (TPSA) is 217 Å². The number of carbonyl (C=O) groups excluding carboxylic acids is 2. The van der Waals surface area contributed by atoms with Crippen molar-refractivity contribution in [3.8, 4) is 5.88 Å². The Bertz CT molecular complexity index is 1830. The number of aromatic nitrogens is 1. The van der Waals surface area contributed by atoms with E-state index in [4.69, 9.17) is 30.2 Å². The average Bonchev–Trinajstić information content (AvgIpc) is 3.45. The van der Waals surface area contributed by atoms with E-state index < -0.39 is 30.1 Å². The Labute approximate surface area is 287 Å². The number of amides is 1. The van der Waals surface area contributed by atoms with Crippen molar-refractivity contribution in [1.29, 1.82) is 0 Å². The van der Waals surface area contributed by atoms with Crippen molar-refractivity contribution in [2.75, 3.05) is 58.8 Å². The number of carboxylic acids is 2. The van der Waals surface area contributed by atoms with Gasteiger partial charge < -0.3 is 45.1 Å². The zero-order valence-electron chi connectivity index (χ0n) is 27.7. The lowest BCUT2D eigenvalue weighted by Crippen LogP contribution is -2.48. The van der Waals surface area contributed by atoms with E-state index in [0.29, 0.717) is 34.6 Å². The number of hydrogen-bond donors (Lipinski definition) is 6. The van der Waals surface area contributed by atoms with Crippen molar-refractivity contribution >= 4 is 51.8 Å². The van der Waals surface area contributed by atoms with Crippen molar-refractivity contribution in [3.05, 3.63) is 89.5 Å². The molecule has 1 fully saturated rings. The number of aromatic amines is 1. The number of benzene rings is 3. The number of aliphatic carboxylic acids is 2. The predicted molar refractivity (Wildman–Crippen MR) is 184 cm³/mol. The number of rotatable bonds is 10. The van der Waals surface area contributed by atoms with Crippen LogP contribution in [0, 0.1) is 0 Å². The maximum atomic E-state index is 12.9. The second-order valence-corrected chi connectivity index (χ2v) is 11.5. The molecule has 15 nitrogen and oxygen atoms in total. The van der Waals surface area contributed by atoms with Crippen LogP contribution in [0.5, 0.6) is 5.88 Å². The van der Waals surface area contributed by atoms with Crippen LogP contribution in [0.15, 0.2) is 77.8 Å². The highest BCUT2D eigenvalue weighted by Gasteiger charge is 2.29. The van der Waals surface area contributed by atoms with Gasteiger partial charge >= 0.3 is 17.9 Å². The third kappa shape index (κ3) is 9.09. The highest BCUT2D eigenvalue weighted by atomic mass is 16.5. The Morgan fingerprint density at radius 2 is 1.48 bits per heavy atom. The van der Waals surface area contributed by atoms with Crippen LogP contribution in [0.25, 0.3) is 10.9 Å². The van der Waals surface area contributed by atoms with Gasteiger partial charge in [-0.15, -0.1) is 0 Å². The van der Waals surface area contributed by atoms with Crippen LogP contribution in [0.2, 0.25) is 0 Å². The van der Waals surface area contributed by atoms with E-state index in [-0.39, 0.29) is 11.8 Å². The number of aliphatic hydroxyl groups excluding tert-OH is 2. The summed E-state index contributed by atoms with van der Waals surface area (Å²) in [5.74, 6) is -4.00. The van der Waals surface area contributed by atoms with E-state index in [2.05, 4.69) is 21.8 Å². The molecule has 1 aliphatic heterocycles. The van der Waals surface area contributed by atoms with Gasteiger partial charge in [0, 0.05) is 55.4 Å². The number of aliphatic hydroxyl groups is 2. The number of H-pyrrole nitrogens is 1. The van der Waals surface area contributed by atoms with Crippen LogP contribution in [0.1, 0.15) is 21.5 Å². The first-order chi connectivity index (χ1) is 23.8. The molecule has 0 unspecified atom stereocenters. The normalized spacial score (nSPS) is 15.0. The van der Waals surface area contributed by atoms with E-state index in [0.717, 1.165) is 42.8 Å². The van der Waals surface area contributed by atoms with Gasteiger partial charge in [0.15, 0.2) is 18.1 Å². The average molecular weight is 690 g/mol. The SMILES string of the molecule is COC(=O)c1ccc2c(C(=Nc3ccc(N(C)C(=O)CN4CCN(C)CC4)cc3)c3ccccc3)c(O)[nH]c2c1.O=C(O)[C@H](O)[C@@H](O)C(=O)O. The number of anilines is 1. The molecular formula is C35H39N5O10. The number of nitrogens with one attached hydrogen (secondary N) is 1. The molecule has 0 aliphatic carbocycles. The lowest BCUT2D eigenvalue weighted by molar-refractivity contribution is -0.165. The van der Waals surface area contributed by atoms with Gasteiger partial charge in [-0.05, 0) is 43.4 Å². The Kier molecular flexibility index (Phi) is 12.4. The Hall–Kier alpha value is -5.61. The summed E-state index contributed by atoms with van der Waals surface area (Å²) in [5, 5.41) is 44.2. The second-order valence-electron chi connectivity index (χ2n) is 11.5. The molecule has 1 aromatic heterocycles. The van der Waals surface area contributed by atoms with Gasteiger partial charge in [-0.3, -0.25) is 9.69 Å². The number of esters is 1. The largest absolute Gasteiger partial charge is 0.494 e. The summed E-state index contributed by atoms with van der Waals surface area (Å²) in [6.45, 7) is 4.09. The van der Waals surface area contributed by atoms with Crippen LogP contribution in [-0.4, -0.2) is 136 Å². The van der Waals surface area contributed by atoms with E-state index in [1.54, 1.807) is 30.1 Å². The van der Waals surface area contributed by atoms with Gasteiger partial charge in [0.1, 0.15) is 0 Å². The number of piperazine rings is 1. The van der Waals surface area contributed by atoms with Gasteiger partial charge in [-0.25, -0.2) is 19.4 Å². The number of ether oxygens (including phenoxy) is 1. The van der Waals surface area contributed by atoms with Gasteiger partial charge in [0.2, 0.25) is 5.91 Å². The maximum Gasteiger partial charge on any atom is 0.337 e. The predicted octanol–water partition coefficient (Wildman–Crippen LogP) is 1.92. The zero-order valence-corrected chi connectivity index (χ0v) is 27.7. The lowest BCUT2D eigenvalue weighted by atomic mass is 10.00. The summed E-state index contributed by atoms with van der Waals surface area (Å²) in [5.41, 5.74) is 4.34. The number of aromatic hydroxyl groups is 1. The molecule has 3 aromatic carbocycles. The number of carboxylic acid groups (broad SMARTS) is 2. The van der Waals surface area contributed by atoms with Gasteiger partial charge in [-0.2, -0.15) is 0 Å². The fourth-order valence-electron chi connectivity index (χ4n) is 5.13. The number of hydrogen-bond acceptors (Lipinski definition) is 11. The molecule has 0 spiro atoms. The second kappa shape index (κ2) is 16.7. The Morgan fingerprint density at radius 3 is 2.04 bits per heavy atom. The van der Waals surface area contributed by atoms with Gasteiger partial charge in [0.25, 0.3) is 0 Å². The van der Waals surface area contributed by atoms with E-state index >= 15 is 0 Å². The third-order valence-electron chi connectivity index (χ3n) is 8.10. The van der Waals surface area contributed by atoms with Crippen molar-refractivity contribution in [1.82, 2.24) is 14.8 Å². The standard InChI is InChI=1S/C31H33N5O4.C4H6O6/c1-34-15-17-36(18-16-34)20-27(37)35(2)24-12-10-23(11-13-24)32-29(21-7-5-4-6-8-21)28-25-14-9-22(31(39)40-3)19-26(25)33-30(28)38;5-1(3(7)8)2(6)4(9)10/h4-14,19,33,38H,15-18,20H2,1-3H3;1-2,5-6H,(H,7,8)(H,9,10)/t;1-,2-/m.1/s1. The molecule has 0 bridgehead atoms. The van der Waals surface area contributed by atoms with Crippen LogP contribution in [0.3, 0.4) is 0 Å². The minimum absolute atomic E-state index is 0.0424. The van der Waals surface area contributed by atoms with Gasteiger partial charge in [0.05, 0.1) is 36.2 Å². The summed E-state index contributed by atoms with van der Waals surface area (Å²) in [4.78, 5) is 58.5. The van der Waals surface area contributed by atoms with Crippen LogP contribution < -0.4 is 4.90 Å². The Morgan fingerprint density at radius 1 is 0.880 bits per heavy atom. The lowest BCUT2D eigenvalue weighted by Gasteiger charge is -2.32. The molecule has 1 amide bonds. The summed E-state index contributed by atoms with van der Waals surface area (Å²) in [6.07, 6.45) is -4.53. The molecule has 2 heterocycles. The summed E-state index contributed by atoms with van der Waals surface area (Å²) < 4.78 is 4.83. The molecule has 50 heavy (non-hydrogen) atoms. The molecule has 4 aromatic rings. The zero-order chi connectivity index (χ0) is 36.5. The first-order valence-electron chi connectivity index (χ1n) is 15.5. The molecule has 6 N–H and O–H groups in total. The van der Waals surface area contributed by atoms with E-state index in [1.165, 1.54) is 7.11 Å². The number of nitrogens with zero attached hydrogens (tertiary/aromatic N) is 4. The first kappa shape index (κ1) is 37.2. The summed E-state index contributed by atoms with van der Waals surface area (Å²) in [6, 6.07) is 22.2. The highest BCUT2D eigenvalue weighted by molar-refractivity contribution is 6.22. The van der Waals surface area contributed by atoms with Crippen molar-refractivity contribution in [2.45, 2.75) is 12.2 Å². The van der Waals surface area contributed by atoms with E-state index in [9.17, 15) is 24.3 Å². The van der Waals surface area contributed by atoms with Crippen LogP contribution in [0.4, 0.5) is 11.4 Å². The number of carbonyl (C=O) groups is 4. The van der Waals surface area contributed by atoms with Gasteiger partial charge in [-0.1, -0.05) is 36.4 Å². The number of fused-ring (bicyclic) bond motifs is 1. The molecule has 1 saturated heterocycles. The number of methoxy groups -OCH3 is 1. The first-order valence-corrected chi connectivity index (χ1v) is 15.5. The molecule has 0 radical (unpaired) electrons. The summed E-state index contributed by atoms with van der Waals surface area (Å²) in [7, 11) is 5.22. The molecule has 5 rings (SSSR count). The van der Waals surface area contributed by atoms with E-state index in [1.807, 2.05) is 54.6 Å². The smallest absolute Gasteiger partial charge is 0.337 e. The number of aliphatic imine (C=N–C) groups is 1. The maximum absolute atomic E-state index is 12.9. The molecule has 1 aliphatic rings. The highest BCUT2D eigenvalue weighted by Crippen LogP contribution is 2.32. The number of likely N-dealkylation sites (N-methyl/N-ethyl adjacent to an activating group) is 2. The van der Waals surface area contributed by atoms with Crippen molar-refractivity contribution in [3.63, 3.8) is 0 Å². The minimum Gasteiger partial charge on any atom is -0.494 e. The fraction of sp³-hybridized carbons (Fsp3) is 0.286. The van der Waals surface area contributed by atoms with Crippen molar-refractivity contribution < 1.29 is 49.4 Å². The van der Waals surface area contributed by atoms with Crippen LogP contribution >= 0.6 is 0 Å². The van der Waals surface area contributed by atoms with Crippen LogP contribution in [-0.2, 0) is 19.1 Å². The molecule has 2 atom stereocenters. The molecular weight excluding hydrogens is 650 g/mol. The third-order valence-corrected chi connectivity index (χ3v) is 8.10. The summed E-state index contributed by atoms with van der Waals surface area (Å²) >= 11 is 0. The molecule has 0 saturated carbocycles. The minimum atomic E-state index is -2.27. The molecule has 15 heteroatoms. The quantitative estimate of drug-likeness (QED) is 0.104. The monoisotopic (exact) mass is 689 g/mol. The fourth-order valence-corrected chi connectivity index (χ4v) is 5.13. The van der Waals surface area contributed by atoms with Crippen molar-refractivity contribution in [2.24, 2.45) is 4.99 Å². The Balaban J connectivity index is 0.000000490. The molecule has 264 valence electrons.